The first-order chi connectivity index (χ1) is 13.6. The second kappa shape index (κ2) is 9.11. The van der Waals surface area contributed by atoms with Gasteiger partial charge in [0.05, 0.1) is 24.0 Å². The largest absolute Gasteiger partial charge is 0.476 e. The first-order valence-electron chi connectivity index (χ1n) is 9.78. The van der Waals surface area contributed by atoms with E-state index in [1.165, 1.54) is 0 Å². The van der Waals surface area contributed by atoms with Gasteiger partial charge in [0.15, 0.2) is 5.41 Å². The molecular weight excluding hydrogens is 372 g/mol. The van der Waals surface area contributed by atoms with E-state index in [0.717, 1.165) is 10.6 Å². The highest BCUT2D eigenvalue weighted by atomic mass is 16.6. The molecule has 0 saturated carbocycles. The lowest BCUT2D eigenvalue weighted by atomic mass is 9.79. The molecule has 1 aromatic rings. The van der Waals surface area contributed by atoms with Crippen molar-refractivity contribution in [3.63, 3.8) is 0 Å². The molecule has 1 atom stereocenters. The minimum absolute atomic E-state index is 0.0766. The fraction of sp³-hybridized carbons (Fsp3) is 0.500. The lowest BCUT2D eigenvalue weighted by molar-refractivity contribution is -0.154. The quantitative estimate of drug-likeness (QED) is 0.664. The maximum absolute atomic E-state index is 13.4. The number of hydrazone groups is 1. The van der Waals surface area contributed by atoms with Crippen molar-refractivity contribution in [3.05, 3.63) is 48.2 Å². The van der Waals surface area contributed by atoms with Crippen LogP contribution in [0.25, 0.3) is 0 Å². The van der Waals surface area contributed by atoms with Gasteiger partial charge in [0.2, 0.25) is 5.90 Å². The molecule has 0 saturated heterocycles. The van der Waals surface area contributed by atoms with Crippen molar-refractivity contribution in [1.82, 2.24) is 5.01 Å². The monoisotopic (exact) mass is 402 g/mol. The molecule has 29 heavy (non-hydrogen) atoms. The van der Waals surface area contributed by atoms with Crippen LogP contribution in [0.5, 0.6) is 0 Å². The third kappa shape index (κ3) is 4.96. The Labute approximate surface area is 172 Å². The summed E-state index contributed by atoms with van der Waals surface area (Å²) in [5, 5.41) is 5.30. The molecule has 2 rings (SSSR count). The van der Waals surface area contributed by atoms with E-state index in [1.54, 1.807) is 27.7 Å². The summed E-state index contributed by atoms with van der Waals surface area (Å²) in [5.74, 6) is -0.492. The fourth-order valence-corrected chi connectivity index (χ4v) is 2.96. The smallest absolute Gasteiger partial charge is 0.435 e. The summed E-state index contributed by atoms with van der Waals surface area (Å²) in [6, 6.07) is 9.41. The molecular formula is C22H30N2O5. The van der Waals surface area contributed by atoms with E-state index in [-0.39, 0.29) is 36.3 Å². The Morgan fingerprint density at radius 1 is 1.00 bits per heavy atom. The van der Waals surface area contributed by atoms with Crippen molar-refractivity contribution >= 4 is 18.0 Å². The average Bonchev–Trinajstić information content (AvgIpc) is 2.87. The van der Waals surface area contributed by atoms with E-state index < -0.39 is 17.5 Å². The zero-order valence-electron chi connectivity index (χ0n) is 18.0. The molecule has 7 nitrogen and oxygen atoms in total. The van der Waals surface area contributed by atoms with E-state index in [0.29, 0.717) is 0 Å². The molecule has 1 aliphatic rings. The molecule has 0 fully saturated rings. The van der Waals surface area contributed by atoms with Crippen LogP contribution >= 0.6 is 0 Å². The predicted molar refractivity (Wildman–Crippen MR) is 110 cm³/mol. The van der Waals surface area contributed by atoms with Crippen molar-refractivity contribution in [2.75, 3.05) is 0 Å². The standard InChI is InChI=1S/C22H30N2O5/c1-14(2)27-19-22(20(25)28-15(3)4,13-18-11-9-8-10-12-18)17(7)24(23-19)21(26)29-16(5)6/h8-12,14-16H,7,13H2,1-6H3. The summed E-state index contributed by atoms with van der Waals surface area (Å²) < 4.78 is 16.7. The van der Waals surface area contributed by atoms with Gasteiger partial charge < -0.3 is 14.2 Å². The third-order valence-corrected chi connectivity index (χ3v) is 4.16. The molecule has 1 unspecified atom stereocenters. The van der Waals surface area contributed by atoms with Gasteiger partial charge in [-0.15, -0.1) is 5.10 Å². The van der Waals surface area contributed by atoms with Crippen LogP contribution in [0.3, 0.4) is 0 Å². The Kier molecular flexibility index (Phi) is 7.06. The molecule has 1 aliphatic heterocycles. The van der Waals surface area contributed by atoms with Crippen molar-refractivity contribution < 1.29 is 23.8 Å². The number of hydrogen-bond donors (Lipinski definition) is 0. The van der Waals surface area contributed by atoms with E-state index >= 15 is 0 Å². The summed E-state index contributed by atoms with van der Waals surface area (Å²) in [7, 11) is 0. The number of rotatable bonds is 6. The maximum atomic E-state index is 13.4. The van der Waals surface area contributed by atoms with Gasteiger partial charge in [-0.2, -0.15) is 5.01 Å². The minimum atomic E-state index is -1.47. The van der Waals surface area contributed by atoms with E-state index in [2.05, 4.69) is 11.7 Å². The Balaban J connectivity index is 2.57. The number of nitrogens with zero attached hydrogens (tertiary/aromatic N) is 2. The highest BCUT2D eigenvalue weighted by molar-refractivity contribution is 6.09. The van der Waals surface area contributed by atoms with E-state index in [4.69, 9.17) is 14.2 Å². The number of carbonyl (C=O) groups is 2. The fourth-order valence-electron chi connectivity index (χ4n) is 2.96. The van der Waals surface area contributed by atoms with Crippen LogP contribution in [-0.2, 0) is 25.4 Å². The highest BCUT2D eigenvalue weighted by Gasteiger charge is 2.58. The maximum Gasteiger partial charge on any atom is 0.435 e. The van der Waals surface area contributed by atoms with Crippen LogP contribution in [0, 0.1) is 5.41 Å². The van der Waals surface area contributed by atoms with Crippen LogP contribution in [0.1, 0.15) is 47.1 Å². The lowest BCUT2D eigenvalue weighted by Gasteiger charge is -2.31. The number of esters is 1. The second-order valence-corrected chi connectivity index (χ2v) is 7.78. The molecule has 0 radical (unpaired) electrons. The SMILES string of the molecule is C=C1N(C(=O)OC(C)C)N=C(OC(C)C)C1(Cc1ccccc1)C(=O)OC(C)C. The van der Waals surface area contributed by atoms with Crippen LogP contribution in [0.4, 0.5) is 4.79 Å². The van der Waals surface area contributed by atoms with Gasteiger partial charge in [0, 0.05) is 6.42 Å². The molecule has 7 heteroatoms. The van der Waals surface area contributed by atoms with Crippen LogP contribution in [-0.4, -0.2) is 41.3 Å². The van der Waals surface area contributed by atoms with E-state index in [9.17, 15) is 9.59 Å². The zero-order chi connectivity index (χ0) is 21.8. The summed E-state index contributed by atoms with van der Waals surface area (Å²) >= 11 is 0. The van der Waals surface area contributed by atoms with Gasteiger partial charge in [0.25, 0.3) is 0 Å². The Hall–Kier alpha value is -2.83. The molecule has 0 aromatic heterocycles. The Bertz CT molecular complexity index is 786. The normalized spacial score (nSPS) is 19.0. The minimum Gasteiger partial charge on any atom is -0.476 e. The molecule has 0 spiro atoms. The van der Waals surface area contributed by atoms with Crippen LogP contribution in [0.15, 0.2) is 47.7 Å². The summed E-state index contributed by atoms with van der Waals surface area (Å²) in [6.45, 7) is 14.7. The number of ether oxygens (including phenoxy) is 3. The Morgan fingerprint density at radius 3 is 2.10 bits per heavy atom. The topological polar surface area (TPSA) is 77.4 Å². The number of hydrogen-bond acceptors (Lipinski definition) is 6. The molecule has 0 aliphatic carbocycles. The highest BCUT2D eigenvalue weighted by Crippen LogP contribution is 2.43. The molecule has 158 valence electrons. The van der Waals surface area contributed by atoms with Crippen molar-refractivity contribution in [1.29, 1.82) is 0 Å². The average molecular weight is 402 g/mol. The van der Waals surface area contributed by atoms with Gasteiger partial charge >= 0.3 is 12.1 Å². The van der Waals surface area contributed by atoms with Crippen LogP contribution < -0.4 is 0 Å². The van der Waals surface area contributed by atoms with Gasteiger partial charge in [-0.1, -0.05) is 36.9 Å². The first kappa shape index (κ1) is 22.5. The predicted octanol–water partition coefficient (Wildman–Crippen LogP) is 4.28. The molecule has 1 aromatic carbocycles. The van der Waals surface area contributed by atoms with Gasteiger partial charge in [-0.05, 0) is 47.1 Å². The Morgan fingerprint density at radius 2 is 1.59 bits per heavy atom. The molecule has 0 N–H and O–H groups in total. The first-order valence-corrected chi connectivity index (χ1v) is 9.78. The lowest BCUT2D eigenvalue weighted by Crippen LogP contribution is -2.46. The molecule has 1 heterocycles. The summed E-state index contributed by atoms with van der Waals surface area (Å²) in [4.78, 5) is 26.0. The third-order valence-electron chi connectivity index (χ3n) is 4.16. The van der Waals surface area contributed by atoms with Crippen molar-refractivity contribution in [3.8, 4) is 0 Å². The van der Waals surface area contributed by atoms with Gasteiger partial charge in [-0.3, -0.25) is 4.79 Å². The molecule has 1 amide bonds. The molecule has 0 bridgehead atoms. The number of carbonyl (C=O) groups excluding carboxylic acids is 2. The van der Waals surface area contributed by atoms with E-state index in [1.807, 2.05) is 44.2 Å². The number of benzene rings is 1. The second-order valence-electron chi connectivity index (χ2n) is 7.78. The van der Waals surface area contributed by atoms with Gasteiger partial charge in [-0.25, -0.2) is 4.79 Å². The number of amides is 1. The zero-order valence-corrected chi connectivity index (χ0v) is 18.0. The van der Waals surface area contributed by atoms with Crippen LogP contribution in [0.2, 0.25) is 0 Å². The summed E-state index contributed by atoms with van der Waals surface area (Å²) in [6.07, 6.45) is -1.52. The van der Waals surface area contributed by atoms with Crippen molar-refractivity contribution in [2.24, 2.45) is 10.5 Å². The summed E-state index contributed by atoms with van der Waals surface area (Å²) in [5.41, 5.74) is -0.465. The van der Waals surface area contributed by atoms with Crippen molar-refractivity contribution in [2.45, 2.75) is 66.3 Å². The van der Waals surface area contributed by atoms with Gasteiger partial charge in [0.1, 0.15) is 0 Å².